The number of carbonyl (C=O) groups excluding carboxylic acids is 1. The third kappa shape index (κ3) is 1.64. The smallest absolute Gasteiger partial charge is 0.151 e. The van der Waals surface area contributed by atoms with Crippen molar-refractivity contribution in [3.63, 3.8) is 0 Å². The fourth-order valence-corrected chi connectivity index (χ4v) is 0.572. The lowest BCUT2D eigenvalue weighted by molar-refractivity contribution is -0.104. The van der Waals surface area contributed by atoms with Crippen LogP contribution in [-0.2, 0) is 4.79 Å². The quantitative estimate of drug-likeness (QED) is 0.471. The van der Waals surface area contributed by atoms with Gasteiger partial charge < -0.3 is 0 Å². The van der Waals surface area contributed by atoms with Crippen molar-refractivity contribution in [1.82, 2.24) is 0 Å². The molecule has 0 unspecified atom stereocenters. The van der Waals surface area contributed by atoms with Crippen LogP contribution in [0.5, 0.6) is 0 Å². The van der Waals surface area contributed by atoms with Gasteiger partial charge in [0.1, 0.15) is 0 Å². The van der Waals surface area contributed by atoms with E-state index in [1.165, 1.54) is 0 Å². The molecular weight excluding hydrogens is 114 g/mol. The fraction of sp³-hybridized carbons (Fsp3) is 0.143. The largest absolute Gasteiger partial charge is 0.298 e. The van der Waals surface area contributed by atoms with Gasteiger partial charge in [0.2, 0.25) is 0 Å². The second-order valence-electron chi connectivity index (χ2n) is 1.71. The summed E-state index contributed by atoms with van der Waals surface area (Å²) in [7, 11) is 0. The molecule has 46 valence electrons. The van der Waals surface area contributed by atoms with E-state index in [0.717, 1.165) is 6.29 Å². The molecule has 9 heavy (non-hydrogen) atoms. The van der Waals surface area contributed by atoms with E-state index in [0.29, 0.717) is 12.1 Å². The highest BCUT2D eigenvalue weighted by Gasteiger charge is 1.87. The van der Waals surface area contributed by atoms with E-state index in [1.54, 1.807) is 12.3 Å². The van der Waals surface area contributed by atoms with Gasteiger partial charge in [-0.3, -0.25) is 9.79 Å². The summed E-state index contributed by atoms with van der Waals surface area (Å²) in [6.45, 7) is 0.674. The minimum Gasteiger partial charge on any atom is -0.298 e. The summed E-state index contributed by atoms with van der Waals surface area (Å²) in [6, 6.07) is 0. The van der Waals surface area contributed by atoms with Crippen molar-refractivity contribution in [3.8, 4) is 0 Å². The highest BCUT2D eigenvalue weighted by atomic mass is 16.1. The molecule has 2 nitrogen and oxygen atoms in total. The molecular formula is C7H7NO. The lowest BCUT2D eigenvalue weighted by Crippen LogP contribution is -1.83. The summed E-state index contributed by atoms with van der Waals surface area (Å²) in [5.74, 6) is 0. The Kier molecular flexibility index (Phi) is 1.96. The summed E-state index contributed by atoms with van der Waals surface area (Å²) in [4.78, 5) is 14.0. The Morgan fingerprint density at radius 2 is 2.56 bits per heavy atom. The molecule has 0 radical (unpaired) electrons. The number of hydrogen-bond donors (Lipinski definition) is 0. The van der Waals surface area contributed by atoms with Crippen LogP contribution in [0.15, 0.2) is 28.8 Å². The molecule has 0 aliphatic carbocycles. The van der Waals surface area contributed by atoms with Gasteiger partial charge in [-0.2, -0.15) is 0 Å². The maximum absolute atomic E-state index is 10.1. The first-order valence-corrected chi connectivity index (χ1v) is 2.75. The van der Waals surface area contributed by atoms with Crippen molar-refractivity contribution in [2.75, 3.05) is 6.54 Å². The third-order valence-corrected chi connectivity index (χ3v) is 1.01. The van der Waals surface area contributed by atoms with Crippen molar-refractivity contribution in [2.45, 2.75) is 0 Å². The van der Waals surface area contributed by atoms with Gasteiger partial charge in [-0.25, -0.2) is 0 Å². The molecule has 1 heterocycles. The predicted octanol–water partition coefficient (Wildman–Crippen LogP) is 0.752. The number of nitrogens with zero attached hydrogens (tertiary/aromatic N) is 1. The van der Waals surface area contributed by atoms with Crippen LogP contribution >= 0.6 is 0 Å². The molecule has 0 amide bonds. The van der Waals surface area contributed by atoms with E-state index in [-0.39, 0.29) is 0 Å². The van der Waals surface area contributed by atoms with Crippen LogP contribution in [0.1, 0.15) is 0 Å². The molecule has 2 heteroatoms. The molecule has 0 bridgehead atoms. The molecule has 1 rings (SSSR count). The zero-order chi connectivity index (χ0) is 6.53. The van der Waals surface area contributed by atoms with Crippen molar-refractivity contribution >= 4 is 12.5 Å². The van der Waals surface area contributed by atoms with Crippen molar-refractivity contribution in [1.29, 1.82) is 0 Å². The van der Waals surface area contributed by atoms with Crippen LogP contribution in [0.3, 0.4) is 0 Å². The van der Waals surface area contributed by atoms with Crippen LogP contribution in [0, 0.1) is 0 Å². The normalized spacial score (nSPS) is 16.7. The van der Waals surface area contributed by atoms with Crippen LogP contribution < -0.4 is 0 Å². The minimum absolute atomic E-state index is 0.628. The van der Waals surface area contributed by atoms with Crippen LogP contribution in [0.25, 0.3) is 0 Å². The maximum Gasteiger partial charge on any atom is 0.151 e. The highest BCUT2D eigenvalue weighted by molar-refractivity contribution is 6.02. The van der Waals surface area contributed by atoms with E-state index >= 15 is 0 Å². The lowest BCUT2D eigenvalue weighted by atomic mass is 10.3. The number of rotatable bonds is 1. The monoisotopic (exact) mass is 121 g/mol. The SMILES string of the molecule is O=CC1=CC=CCN=C1. The standard InChI is InChI=1S/C7H7NO/c9-6-7-3-1-2-4-8-5-7/h1-3,5-6H,4H2. The van der Waals surface area contributed by atoms with Crippen LogP contribution in [0.2, 0.25) is 0 Å². The average molecular weight is 121 g/mol. The summed E-state index contributed by atoms with van der Waals surface area (Å²) in [6.07, 6.45) is 7.83. The number of allylic oxidation sites excluding steroid dienone is 3. The van der Waals surface area contributed by atoms with E-state index in [4.69, 9.17) is 0 Å². The molecule has 0 spiro atoms. The average Bonchev–Trinajstić information content (AvgIpc) is 2.13. The minimum atomic E-state index is 0.628. The molecule has 0 saturated carbocycles. The zero-order valence-corrected chi connectivity index (χ0v) is 4.95. The molecule has 0 aromatic heterocycles. The lowest BCUT2D eigenvalue weighted by Gasteiger charge is -1.79. The number of hydrogen-bond acceptors (Lipinski definition) is 2. The Labute approximate surface area is 53.6 Å². The molecule has 0 aromatic rings. The Bertz CT molecular complexity index is 189. The molecule has 0 saturated heterocycles. The number of aliphatic imine (C=N–C) groups is 1. The van der Waals surface area contributed by atoms with E-state index < -0.39 is 0 Å². The van der Waals surface area contributed by atoms with Gasteiger partial charge in [-0.1, -0.05) is 18.2 Å². The molecule has 1 aliphatic rings. The Balaban J connectivity index is 2.78. The van der Waals surface area contributed by atoms with Gasteiger partial charge in [0.25, 0.3) is 0 Å². The maximum atomic E-state index is 10.1. The first-order valence-electron chi connectivity index (χ1n) is 2.75. The summed E-state index contributed by atoms with van der Waals surface area (Å²) < 4.78 is 0. The van der Waals surface area contributed by atoms with Gasteiger partial charge in [-0.15, -0.1) is 0 Å². The molecule has 0 aromatic carbocycles. The second-order valence-corrected chi connectivity index (χ2v) is 1.71. The predicted molar refractivity (Wildman–Crippen MR) is 36.6 cm³/mol. The van der Waals surface area contributed by atoms with E-state index in [1.807, 2.05) is 12.2 Å². The van der Waals surface area contributed by atoms with Gasteiger partial charge in [0.15, 0.2) is 6.29 Å². The number of aldehydes is 1. The van der Waals surface area contributed by atoms with Crippen molar-refractivity contribution in [2.24, 2.45) is 4.99 Å². The summed E-state index contributed by atoms with van der Waals surface area (Å²) in [5.41, 5.74) is 0.628. The molecule has 1 aliphatic heterocycles. The van der Waals surface area contributed by atoms with Crippen molar-refractivity contribution in [3.05, 3.63) is 23.8 Å². The van der Waals surface area contributed by atoms with E-state index in [9.17, 15) is 4.79 Å². The van der Waals surface area contributed by atoms with Gasteiger partial charge in [-0.05, 0) is 0 Å². The second kappa shape index (κ2) is 2.97. The number of carbonyl (C=O) groups is 1. The Hall–Kier alpha value is -1.18. The molecule has 0 atom stereocenters. The van der Waals surface area contributed by atoms with Crippen molar-refractivity contribution < 1.29 is 4.79 Å². The first-order chi connectivity index (χ1) is 4.43. The summed E-state index contributed by atoms with van der Waals surface area (Å²) in [5, 5.41) is 0. The highest BCUT2D eigenvalue weighted by Crippen LogP contribution is 1.91. The Morgan fingerprint density at radius 3 is 3.33 bits per heavy atom. The molecule has 0 fully saturated rings. The molecule has 0 N–H and O–H groups in total. The van der Waals surface area contributed by atoms with Crippen LogP contribution in [0.4, 0.5) is 0 Å². The van der Waals surface area contributed by atoms with Gasteiger partial charge in [0, 0.05) is 11.8 Å². The zero-order valence-electron chi connectivity index (χ0n) is 4.95. The topological polar surface area (TPSA) is 29.4 Å². The Morgan fingerprint density at radius 1 is 1.67 bits per heavy atom. The van der Waals surface area contributed by atoms with Gasteiger partial charge in [0.05, 0.1) is 6.54 Å². The first kappa shape index (κ1) is 5.95. The van der Waals surface area contributed by atoms with E-state index in [2.05, 4.69) is 4.99 Å². The fourth-order valence-electron chi connectivity index (χ4n) is 0.572. The van der Waals surface area contributed by atoms with Gasteiger partial charge >= 0.3 is 0 Å². The summed E-state index contributed by atoms with van der Waals surface area (Å²) >= 11 is 0. The third-order valence-electron chi connectivity index (χ3n) is 1.01. The van der Waals surface area contributed by atoms with Crippen LogP contribution in [-0.4, -0.2) is 19.0 Å².